The molecular weight excluding hydrogens is 356 g/mol. The molecule has 0 bridgehead atoms. The van der Waals surface area contributed by atoms with E-state index in [9.17, 15) is 9.59 Å². The van der Waals surface area contributed by atoms with Gasteiger partial charge in [0.1, 0.15) is 0 Å². The number of Topliss-reactive ketones (excluding diaryl/α,β-unsaturated/α-hetero) is 2. The van der Waals surface area contributed by atoms with Gasteiger partial charge in [-0.3, -0.25) is 9.59 Å². The Hall–Kier alpha value is -2.76. The van der Waals surface area contributed by atoms with Crippen LogP contribution in [0.15, 0.2) is 48.5 Å². The molecule has 2 aromatic carbocycles. The van der Waals surface area contributed by atoms with E-state index in [1.165, 1.54) is 6.92 Å². The van der Waals surface area contributed by atoms with E-state index < -0.39 is 0 Å². The Labute approximate surface area is 143 Å². The lowest BCUT2D eigenvalue weighted by Crippen LogP contribution is -1.99. The Bertz CT molecular complexity index is 801. The normalized spacial score (nSPS) is 8.87. The minimum atomic E-state index is -0.0119. The van der Waals surface area contributed by atoms with E-state index in [2.05, 4.69) is 15.9 Å². The summed E-state index contributed by atoms with van der Waals surface area (Å²) in [5, 5.41) is 17.3. The molecule has 0 aromatic heterocycles. The molecule has 2 aromatic rings. The third kappa shape index (κ3) is 5.86. The molecule has 114 valence electrons. The summed E-state index contributed by atoms with van der Waals surface area (Å²) in [6, 6.07) is 17.3. The number of rotatable bonds is 3. The van der Waals surface area contributed by atoms with Crippen molar-refractivity contribution in [2.45, 2.75) is 6.92 Å². The van der Waals surface area contributed by atoms with E-state index >= 15 is 0 Å². The Morgan fingerprint density at radius 1 is 0.957 bits per heavy atom. The number of alkyl halides is 1. The number of nitriles is 2. The average molecular weight is 369 g/mol. The number of hydrogen-bond acceptors (Lipinski definition) is 4. The first-order valence-corrected chi connectivity index (χ1v) is 7.74. The summed E-state index contributed by atoms with van der Waals surface area (Å²) in [6.07, 6.45) is 0. The summed E-state index contributed by atoms with van der Waals surface area (Å²) in [4.78, 5) is 21.9. The summed E-state index contributed by atoms with van der Waals surface area (Å²) < 4.78 is 0. The maximum absolute atomic E-state index is 11.1. The van der Waals surface area contributed by atoms with Gasteiger partial charge in [-0.05, 0) is 31.2 Å². The summed E-state index contributed by atoms with van der Waals surface area (Å²) in [7, 11) is 0. The van der Waals surface area contributed by atoms with Crippen molar-refractivity contribution in [2.75, 3.05) is 5.33 Å². The minimum Gasteiger partial charge on any atom is -0.295 e. The first-order chi connectivity index (χ1) is 11.0. The van der Waals surface area contributed by atoms with Crippen LogP contribution in [0.4, 0.5) is 0 Å². The van der Waals surface area contributed by atoms with Crippen molar-refractivity contribution in [3.05, 3.63) is 70.8 Å². The highest BCUT2D eigenvalue weighted by Gasteiger charge is 2.03. The van der Waals surface area contributed by atoms with Crippen molar-refractivity contribution in [2.24, 2.45) is 0 Å². The van der Waals surface area contributed by atoms with Crippen LogP contribution in [0.2, 0.25) is 0 Å². The maximum atomic E-state index is 11.1. The fourth-order valence-corrected chi connectivity index (χ4v) is 1.97. The fraction of sp³-hybridized carbons (Fsp3) is 0.111. The molecule has 0 atom stereocenters. The van der Waals surface area contributed by atoms with Gasteiger partial charge in [0, 0.05) is 11.1 Å². The lowest BCUT2D eigenvalue weighted by Gasteiger charge is -1.95. The monoisotopic (exact) mass is 368 g/mol. The fourth-order valence-electron chi connectivity index (χ4n) is 1.65. The molecule has 0 aliphatic rings. The van der Waals surface area contributed by atoms with Crippen molar-refractivity contribution in [3.8, 4) is 12.1 Å². The average Bonchev–Trinajstić information content (AvgIpc) is 2.61. The summed E-state index contributed by atoms with van der Waals surface area (Å²) in [6.45, 7) is 1.48. The van der Waals surface area contributed by atoms with Gasteiger partial charge in [0.25, 0.3) is 0 Å². The van der Waals surface area contributed by atoms with E-state index in [1.54, 1.807) is 48.5 Å². The van der Waals surface area contributed by atoms with Crippen LogP contribution in [-0.2, 0) is 0 Å². The number of benzene rings is 2. The van der Waals surface area contributed by atoms with Crippen LogP contribution in [0.25, 0.3) is 0 Å². The minimum absolute atomic E-state index is 0.00731. The van der Waals surface area contributed by atoms with Crippen molar-refractivity contribution in [1.29, 1.82) is 10.5 Å². The van der Waals surface area contributed by atoms with E-state index in [0.29, 0.717) is 27.6 Å². The highest BCUT2D eigenvalue weighted by atomic mass is 79.9. The molecule has 0 amide bonds. The van der Waals surface area contributed by atoms with Gasteiger partial charge in [-0.1, -0.05) is 40.2 Å². The standard InChI is InChI=1S/C9H6BrNO.C9H7NO/c10-5-9(12)8-3-1-2-7(4-8)6-11;1-7(11)9-4-2-3-8(5-9)6-10/h1-4H,5H2;2-5H,1H3. The van der Waals surface area contributed by atoms with Gasteiger partial charge in [0.2, 0.25) is 0 Å². The summed E-state index contributed by atoms with van der Waals surface area (Å²) >= 11 is 3.07. The van der Waals surface area contributed by atoms with Crippen molar-refractivity contribution in [1.82, 2.24) is 0 Å². The molecule has 4 nitrogen and oxygen atoms in total. The number of nitrogens with zero attached hydrogens (tertiary/aromatic N) is 2. The molecule has 0 radical (unpaired) electrons. The molecule has 0 aliphatic heterocycles. The summed E-state index contributed by atoms with van der Waals surface area (Å²) in [5.74, 6) is -0.0193. The van der Waals surface area contributed by atoms with Crippen LogP contribution in [0.1, 0.15) is 38.8 Å². The number of halogens is 1. The SMILES string of the molecule is CC(=O)c1cccc(C#N)c1.N#Cc1cccc(C(=O)CBr)c1. The molecule has 0 heterocycles. The van der Waals surface area contributed by atoms with Crippen LogP contribution in [0.3, 0.4) is 0 Å². The summed E-state index contributed by atoms with van der Waals surface area (Å²) in [5.41, 5.74) is 2.20. The smallest absolute Gasteiger partial charge is 0.173 e. The molecule has 0 fully saturated rings. The van der Waals surface area contributed by atoms with Gasteiger partial charge in [0.05, 0.1) is 28.6 Å². The third-order valence-electron chi connectivity index (χ3n) is 2.83. The van der Waals surface area contributed by atoms with Gasteiger partial charge >= 0.3 is 0 Å². The molecule has 0 saturated carbocycles. The van der Waals surface area contributed by atoms with Crippen molar-refractivity contribution >= 4 is 27.5 Å². The Kier molecular flexibility index (Phi) is 7.39. The van der Waals surface area contributed by atoms with Gasteiger partial charge in [-0.2, -0.15) is 10.5 Å². The van der Waals surface area contributed by atoms with E-state index in [0.717, 1.165) is 0 Å². The number of hydrogen-bond donors (Lipinski definition) is 0. The molecule has 2 rings (SSSR count). The molecular formula is C18H13BrN2O2. The number of ketones is 2. The Morgan fingerprint density at radius 2 is 1.43 bits per heavy atom. The maximum Gasteiger partial charge on any atom is 0.173 e. The van der Waals surface area contributed by atoms with Crippen LogP contribution in [-0.4, -0.2) is 16.9 Å². The lowest BCUT2D eigenvalue weighted by molar-refractivity contribution is 0.101. The number of carbonyl (C=O) groups excluding carboxylic acids is 2. The van der Waals surface area contributed by atoms with Gasteiger partial charge in [-0.15, -0.1) is 0 Å². The Morgan fingerprint density at radius 3 is 1.87 bits per heavy atom. The second-order valence-electron chi connectivity index (χ2n) is 4.50. The first kappa shape index (κ1) is 18.3. The van der Waals surface area contributed by atoms with Crippen molar-refractivity contribution in [3.63, 3.8) is 0 Å². The zero-order valence-electron chi connectivity index (χ0n) is 12.4. The van der Waals surface area contributed by atoms with Crippen molar-refractivity contribution < 1.29 is 9.59 Å². The predicted molar refractivity (Wildman–Crippen MR) is 90.4 cm³/mol. The lowest BCUT2D eigenvalue weighted by atomic mass is 10.1. The van der Waals surface area contributed by atoms with Crippen LogP contribution in [0.5, 0.6) is 0 Å². The third-order valence-corrected chi connectivity index (χ3v) is 3.34. The number of carbonyl (C=O) groups is 2. The molecule has 23 heavy (non-hydrogen) atoms. The quantitative estimate of drug-likeness (QED) is 0.607. The highest BCUT2D eigenvalue weighted by molar-refractivity contribution is 9.09. The van der Waals surface area contributed by atoms with Gasteiger partial charge in [0.15, 0.2) is 11.6 Å². The predicted octanol–water partition coefficient (Wildman–Crippen LogP) is 3.90. The molecule has 0 spiro atoms. The second kappa shape index (κ2) is 9.30. The van der Waals surface area contributed by atoms with E-state index in [4.69, 9.17) is 10.5 Å². The molecule has 5 heteroatoms. The van der Waals surface area contributed by atoms with E-state index in [1.807, 2.05) is 12.1 Å². The molecule has 0 aliphatic carbocycles. The topological polar surface area (TPSA) is 81.7 Å². The second-order valence-corrected chi connectivity index (χ2v) is 5.06. The van der Waals surface area contributed by atoms with E-state index in [-0.39, 0.29) is 11.6 Å². The molecule has 0 unspecified atom stereocenters. The van der Waals surface area contributed by atoms with Gasteiger partial charge < -0.3 is 0 Å². The van der Waals surface area contributed by atoms with Crippen LogP contribution in [0, 0.1) is 22.7 Å². The zero-order chi connectivity index (χ0) is 17.2. The molecule has 0 saturated heterocycles. The first-order valence-electron chi connectivity index (χ1n) is 6.62. The molecule has 0 N–H and O–H groups in total. The van der Waals surface area contributed by atoms with Gasteiger partial charge in [-0.25, -0.2) is 0 Å². The van der Waals surface area contributed by atoms with Crippen LogP contribution < -0.4 is 0 Å². The zero-order valence-corrected chi connectivity index (χ0v) is 14.0. The highest BCUT2D eigenvalue weighted by Crippen LogP contribution is 2.06. The largest absolute Gasteiger partial charge is 0.295 e. The van der Waals surface area contributed by atoms with Crippen LogP contribution >= 0.6 is 15.9 Å². The Balaban J connectivity index is 0.000000231.